The third-order valence-electron chi connectivity index (χ3n) is 4.44. The van der Waals surface area contributed by atoms with Crippen LogP contribution in [0.25, 0.3) is 10.8 Å². The molecule has 0 fully saturated rings. The van der Waals surface area contributed by atoms with Gasteiger partial charge in [0.05, 0.1) is 0 Å². The molecule has 5 nitrogen and oxygen atoms in total. The van der Waals surface area contributed by atoms with Crippen molar-refractivity contribution in [1.82, 2.24) is 15.0 Å². The molecule has 1 heterocycles. The van der Waals surface area contributed by atoms with E-state index in [1.165, 1.54) is 0 Å². The standard InChI is InChI=1S/C21H26N4OS/c1-3-5-14-25(15-6-4-2)19-22-20(24-21(27)23-19)26-18-13-9-11-16-10-7-8-12-17(16)18/h7-13H,3-6,14-15H2,1-2H3,(H,22,23,24,27). The van der Waals surface area contributed by atoms with E-state index < -0.39 is 0 Å². The third kappa shape index (κ3) is 5.04. The van der Waals surface area contributed by atoms with Crippen LogP contribution in [0.5, 0.6) is 11.8 Å². The highest BCUT2D eigenvalue weighted by atomic mass is 32.1. The average molecular weight is 383 g/mol. The fraction of sp³-hybridized carbons (Fsp3) is 0.381. The largest absolute Gasteiger partial charge is 0.425 e. The fourth-order valence-corrected chi connectivity index (χ4v) is 3.13. The Hall–Kier alpha value is -2.47. The second kappa shape index (κ2) is 9.46. The number of ether oxygens (including phenoxy) is 1. The summed E-state index contributed by atoms with van der Waals surface area (Å²) in [6.07, 6.45) is 4.48. The zero-order valence-corrected chi connectivity index (χ0v) is 16.8. The van der Waals surface area contributed by atoms with E-state index in [0.29, 0.717) is 6.01 Å². The number of aromatic amines is 1. The molecule has 0 aliphatic heterocycles. The highest BCUT2D eigenvalue weighted by molar-refractivity contribution is 7.71. The number of aromatic nitrogens is 3. The van der Waals surface area contributed by atoms with Crippen molar-refractivity contribution in [2.24, 2.45) is 0 Å². The Morgan fingerprint density at radius 1 is 0.963 bits per heavy atom. The van der Waals surface area contributed by atoms with Gasteiger partial charge in [0.25, 0.3) is 0 Å². The monoisotopic (exact) mass is 382 g/mol. The van der Waals surface area contributed by atoms with E-state index in [0.717, 1.165) is 61.2 Å². The molecule has 0 amide bonds. The van der Waals surface area contributed by atoms with Crippen LogP contribution in [0.3, 0.4) is 0 Å². The molecule has 0 atom stereocenters. The van der Waals surface area contributed by atoms with Crippen LogP contribution < -0.4 is 9.64 Å². The number of hydrogen-bond donors (Lipinski definition) is 1. The lowest BCUT2D eigenvalue weighted by molar-refractivity contribution is 0.442. The molecule has 0 aliphatic rings. The van der Waals surface area contributed by atoms with Crippen molar-refractivity contribution in [3.8, 4) is 11.8 Å². The van der Waals surface area contributed by atoms with Crippen LogP contribution in [0.2, 0.25) is 0 Å². The molecule has 0 radical (unpaired) electrons. The van der Waals surface area contributed by atoms with Crippen LogP contribution >= 0.6 is 12.2 Å². The second-order valence-corrected chi connectivity index (χ2v) is 6.90. The third-order valence-corrected chi connectivity index (χ3v) is 4.62. The quantitative estimate of drug-likeness (QED) is 0.468. The predicted octanol–water partition coefficient (Wildman–Crippen LogP) is 5.89. The van der Waals surface area contributed by atoms with Crippen molar-refractivity contribution in [2.75, 3.05) is 18.0 Å². The summed E-state index contributed by atoms with van der Waals surface area (Å²) < 4.78 is 6.36. The number of H-pyrrole nitrogens is 1. The highest BCUT2D eigenvalue weighted by Crippen LogP contribution is 2.28. The molecule has 3 aromatic rings. The maximum Gasteiger partial charge on any atom is 0.304 e. The van der Waals surface area contributed by atoms with Crippen molar-refractivity contribution >= 4 is 28.9 Å². The van der Waals surface area contributed by atoms with Crippen molar-refractivity contribution in [1.29, 1.82) is 0 Å². The van der Waals surface area contributed by atoms with Crippen LogP contribution in [0, 0.1) is 4.77 Å². The van der Waals surface area contributed by atoms with Gasteiger partial charge in [-0.2, -0.15) is 9.97 Å². The van der Waals surface area contributed by atoms with Crippen LogP contribution in [0.1, 0.15) is 39.5 Å². The molecule has 0 saturated heterocycles. The first kappa shape index (κ1) is 19.3. The van der Waals surface area contributed by atoms with E-state index in [-0.39, 0.29) is 4.77 Å². The minimum atomic E-state index is 0.289. The van der Waals surface area contributed by atoms with E-state index in [2.05, 4.69) is 45.8 Å². The van der Waals surface area contributed by atoms with Crippen molar-refractivity contribution in [3.63, 3.8) is 0 Å². The molecule has 6 heteroatoms. The Bertz CT molecular complexity index is 927. The molecule has 2 aromatic carbocycles. The van der Waals surface area contributed by atoms with E-state index in [9.17, 15) is 0 Å². The van der Waals surface area contributed by atoms with Gasteiger partial charge in [-0.1, -0.05) is 63.1 Å². The summed E-state index contributed by atoms with van der Waals surface area (Å²) in [6.45, 7) is 6.25. The number of fused-ring (bicyclic) bond motifs is 1. The predicted molar refractivity (Wildman–Crippen MR) is 113 cm³/mol. The molecule has 0 unspecified atom stereocenters. The van der Waals surface area contributed by atoms with Crippen molar-refractivity contribution < 1.29 is 4.74 Å². The highest BCUT2D eigenvalue weighted by Gasteiger charge is 2.12. The van der Waals surface area contributed by atoms with Crippen LogP contribution in [0.4, 0.5) is 5.95 Å². The van der Waals surface area contributed by atoms with Crippen LogP contribution in [-0.4, -0.2) is 28.0 Å². The minimum absolute atomic E-state index is 0.289. The van der Waals surface area contributed by atoms with E-state index in [1.54, 1.807) is 0 Å². The SMILES string of the molecule is CCCCN(CCCC)c1nc(=S)nc(Oc2cccc3ccccc23)[nH]1. The summed E-state index contributed by atoms with van der Waals surface area (Å²) in [6, 6.07) is 14.5. The molecular weight excluding hydrogens is 356 g/mol. The Kier molecular flexibility index (Phi) is 6.76. The number of hydrogen-bond acceptors (Lipinski definition) is 5. The molecule has 142 valence electrons. The average Bonchev–Trinajstić information content (AvgIpc) is 2.68. The van der Waals surface area contributed by atoms with Gasteiger partial charge in [0.15, 0.2) is 0 Å². The lowest BCUT2D eigenvalue weighted by atomic mass is 10.1. The van der Waals surface area contributed by atoms with Gasteiger partial charge >= 0.3 is 6.01 Å². The first-order chi connectivity index (χ1) is 13.2. The number of benzene rings is 2. The van der Waals surface area contributed by atoms with Crippen LogP contribution in [-0.2, 0) is 0 Å². The smallest absolute Gasteiger partial charge is 0.304 e. The number of nitrogens with one attached hydrogen (secondary N) is 1. The zero-order chi connectivity index (χ0) is 19.1. The molecule has 0 aliphatic carbocycles. The zero-order valence-electron chi connectivity index (χ0n) is 15.9. The Morgan fingerprint density at radius 2 is 1.67 bits per heavy atom. The molecule has 0 spiro atoms. The first-order valence-electron chi connectivity index (χ1n) is 9.60. The normalized spacial score (nSPS) is 10.9. The summed E-state index contributed by atoms with van der Waals surface area (Å²) in [7, 11) is 0. The van der Waals surface area contributed by atoms with Gasteiger partial charge in [0, 0.05) is 18.5 Å². The van der Waals surface area contributed by atoms with E-state index in [4.69, 9.17) is 17.0 Å². The number of unbranched alkanes of at least 4 members (excludes halogenated alkanes) is 2. The lowest BCUT2D eigenvalue weighted by Crippen LogP contribution is -2.27. The summed E-state index contributed by atoms with van der Waals surface area (Å²) >= 11 is 5.29. The fourth-order valence-electron chi connectivity index (χ4n) is 2.96. The van der Waals surface area contributed by atoms with Gasteiger partial charge < -0.3 is 9.64 Å². The van der Waals surface area contributed by atoms with Crippen molar-refractivity contribution in [2.45, 2.75) is 39.5 Å². The maximum absolute atomic E-state index is 6.07. The molecule has 1 aromatic heterocycles. The van der Waals surface area contributed by atoms with E-state index >= 15 is 0 Å². The maximum atomic E-state index is 6.07. The topological polar surface area (TPSA) is 54.0 Å². The summed E-state index contributed by atoms with van der Waals surface area (Å²) in [5, 5.41) is 2.16. The van der Waals surface area contributed by atoms with Crippen LogP contribution in [0.15, 0.2) is 42.5 Å². The molecule has 3 rings (SSSR count). The lowest BCUT2D eigenvalue weighted by Gasteiger charge is -2.23. The van der Waals surface area contributed by atoms with E-state index in [1.807, 2.05) is 30.3 Å². The molecule has 0 saturated carbocycles. The Balaban J connectivity index is 1.91. The summed E-state index contributed by atoms with van der Waals surface area (Å²) in [5.41, 5.74) is 0. The second-order valence-electron chi connectivity index (χ2n) is 6.53. The first-order valence-corrected chi connectivity index (χ1v) is 10.0. The van der Waals surface area contributed by atoms with Gasteiger partial charge in [-0.05, 0) is 36.5 Å². The molecule has 27 heavy (non-hydrogen) atoms. The number of nitrogens with zero attached hydrogens (tertiary/aromatic N) is 3. The number of rotatable bonds is 9. The van der Waals surface area contributed by atoms with Gasteiger partial charge in [-0.3, -0.25) is 4.98 Å². The Labute approximate surface area is 165 Å². The molecule has 1 N–H and O–H groups in total. The van der Waals surface area contributed by atoms with Gasteiger partial charge in [-0.25, -0.2) is 0 Å². The van der Waals surface area contributed by atoms with Gasteiger partial charge in [-0.15, -0.1) is 0 Å². The summed E-state index contributed by atoms with van der Waals surface area (Å²) in [4.78, 5) is 14.2. The molecule has 0 bridgehead atoms. The Morgan fingerprint density at radius 3 is 2.41 bits per heavy atom. The number of anilines is 1. The minimum Gasteiger partial charge on any atom is -0.425 e. The van der Waals surface area contributed by atoms with Gasteiger partial charge in [0.2, 0.25) is 10.7 Å². The molecular formula is C21H26N4OS. The van der Waals surface area contributed by atoms with Crippen molar-refractivity contribution in [3.05, 3.63) is 47.2 Å². The summed E-state index contributed by atoms with van der Waals surface area (Å²) in [5.74, 6) is 1.48. The van der Waals surface area contributed by atoms with Gasteiger partial charge in [0.1, 0.15) is 5.75 Å².